The summed E-state index contributed by atoms with van der Waals surface area (Å²) in [4.78, 5) is 0. The smallest absolute Gasteiger partial charge is 0.116 e. The van der Waals surface area contributed by atoms with E-state index in [0.29, 0.717) is 0 Å². The van der Waals surface area contributed by atoms with Gasteiger partial charge in [0.15, 0.2) is 0 Å². The summed E-state index contributed by atoms with van der Waals surface area (Å²) >= 11 is 0. The number of hydrogen-bond acceptors (Lipinski definition) is 0. The number of terminal acetylenes is 1. The van der Waals surface area contributed by atoms with Gasteiger partial charge in [0.05, 0.1) is 19.8 Å². The maximum absolute atomic E-state index is 4.96. The van der Waals surface area contributed by atoms with Crippen molar-refractivity contribution in [2.24, 2.45) is 0 Å². The third-order valence-electron chi connectivity index (χ3n) is 0.456. The first kappa shape index (κ1) is 5.43. The zero-order chi connectivity index (χ0) is 4.99. The van der Waals surface area contributed by atoms with Crippen LogP contribution in [0.2, 0.25) is 0 Å². The molecule has 0 aliphatic carbocycles. The molecule has 0 rings (SSSR count). The second kappa shape index (κ2) is 2.66. The van der Waals surface area contributed by atoms with Crippen molar-refractivity contribution in [3.8, 4) is 12.3 Å². The lowest BCUT2D eigenvalue weighted by atomic mass is 10.1. The first-order valence-electron chi connectivity index (χ1n) is 2.00. The summed E-state index contributed by atoms with van der Waals surface area (Å²) in [6, 6.07) is 0. The highest BCUT2D eigenvalue weighted by Gasteiger charge is 1.96. The summed E-state index contributed by atoms with van der Waals surface area (Å²) in [5.41, 5.74) is 0. The molecule has 0 bridgehead atoms. The van der Waals surface area contributed by atoms with Gasteiger partial charge < -0.3 is 0 Å². The second-order valence-electron chi connectivity index (χ2n) is 1.59. The highest BCUT2D eigenvalue weighted by atomic mass is 13.9. The van der Waals surface area contributed by atoms with Gasteiger partial charge in [-0.3, -0.25) is 0 Å². The molecule has 0 amide bonds. The van der Waals surface area contributed by atoms with Gasteiger partial charge in [-0.05, 0) is 0 Å². The maximum atomic E-state index is 4.96. The van der Waals surface area contributed by atoms with Crippen LogP contribution in [0.15, 0.2) is 0 Å². The van der Waals surface area contributed by atoms with Crippen LogP contribution in [0.4, 0.5) is 0 Å². The first-order chi connectivity index (χ1) is 2.77. The van der Waals surface area contributed by atoms with Gasteiger partial charge in [0, 0.05) is 0 Å². The topological polar surface area (TPSA) is 0 Å². The highest BCUT2D eigenvalue weighted by molar-refractivity contribution is 4.96. The fraction of sp³-hybridized carbons (Fsp3) is 0.500. The lowest BCUT2D eigenvalue weighted by molar-refractivity contribution is 1.01. The van der Waals surface area contributed by atoms with Crippen molar-refractivity contribution in [2.75, 3.05) is 0 Å². The van der Waals surface area contributed by atoms with Gasteiger partial charge in [-0.2, -0.15) is 0 Å². The molecule has 0 spiro atoms. The Kier molecular flexibility index (Phi) is 2.40. The van der Waals surface area contributed by atoms with Crippen molar-refractivity contribution in [2.45, 2.75) is 20.3 Å². The summed E-state index contributed by atoms with van der Waals surface area (Å²) in [6.07, 6.45) is 5.78. The molecule has 0 unspecified atom stereocenters. The molecule has 0 saturated heterocycles. The molecule has 0 aromatic rings. The van der Waals surface area contributed by atoms with E-state index in [2.05, 4.69) is 5.92 Å². The fourth-order valence-electron chi connectivity index (χ4n) is 0.204. The van der Waals surface area contributed by atoms with Gasteiger partial charge in [0.1, 0.15) is 6.42 Å². The van der Waals surface area contributed by atoms with E-state index in [1.165, 1.54) is 5.92 Å². The minimum atomic E-state index is 0.819. The Morgan fingerprint density at radius 3 is 2.17 bits per heavy atom. The third kappa shape index (κ3) is 3.43. The van der Waals surface area contributed by atoms with E-state index >= 15 is 0 Å². The van der Waals surface area contributed by atoms with E-state index in [9.17, 15) is 0 Å². The van der Waals surface area contributed by atoms with Crippen molar-refractivity contribution < 1.29 is 0 Å². The summed E-state index contributed by atoms with van der Waals surface area (Å²) in [7, 11) is 0. The Morgan fingerprint density at radius 1 is 1.67 bits per heavy atom. The highest BCUT2D eigenvalue weighted by Crippen LogP contribution is 1.97. The van der Waals surface area contributed by atoms with Crippen molar-refractivity contribution in [1.29, 1.82) is 0 Å². The van der Waals surface area contributed by atoms with Crippen LogP contribution < -0.4 is 0 Å². The van der Waals surface area contributed by atoms with Crippen molar-refractivity contribution >= 4 is 0 Å². The second-order valence-corrected chi connectivity index (χ2v) is 1.59. The quantitative estimate of drug-likeness (QED) is 0.332. The van der Waals surface area contributed by atoms with Crippen LogP contribution in [0.25, 0.3) is 0 Å². The van der Waals surface area contributed by atoms with E-state index in [0.717, 1.165) is 6.42 Å². The van der Waals surface area contributed by atoms with Gasteiger partial charge in [-0.25, -0.2) is 0 Å². The molecule has 0 aliphatic heterocycles. The van der Waals surface area contributed by atoms with Gasteiger partial charge in [0.2, 0.25) is 0 Å². The lowest BCUT2D eigenvalue weighted by Crippen LogP contribution is -1.76. The summed E-state index contributed by atoms with van der Waals surface area (Å²) < 4.78 is 0. The summed E-state index contributed by atoms with van der Waals surface area (Å²) in [5, 5.41) is 0. The van der Waals surface area contributed by atoms with Crippen LogP contribution in [0.1, 0.15) is 20.3 Å². The lowest BCUT2D eigenvalue weighted by Gasteiger charge is -1.77. The molecular weight excluding hydrogens is 72.1 g/mol. The van der Waals surface area contributed by atoms with Crippen LogP contribution in [0.5, 0.6) is 0 Å². The van der Waals surface area contributed by atoms with Gasteiger partial charge in [-0.15, -0.1) is 6.42 Å². The largest absolute Gasteiger partial charge is 0.149 e. The molecule has 32 valence electrons. The molecule has 0 aromatic carbocycles. The van der Waals surface area contributed by atoms with Gasteiger partial charge in [0.25, 0.3) is 0 Å². The molecule has 0 aromatic heterocycles. The van der Waals surface area contributed by atoms with Crippen LogP contribution in [0.3, 0.4) is 0 Å². The van der Waals surface area contributed by atoms with E-state index in [-0.39, 0.29) is 0 Å². The maximum Gasteiger partial charge on any atom is 0.149 e. The van der Waals surface area contributed by atoms with Crippen molar-refractivity contribution in [3.05, 3.63) is 5.92 Å². The molecule has 0 nitrogen and oxygen atoms in total. The van der Waals surface area contributed by atoms with Crippen molar-refractivity contribution in [1.82, 2.24) is 0 Å². The van der Waals surface area contributed by atoms with E-state index < -0.39 is 0 Å². The molecule has 6 heavy (non-hydrogen) atoms. The van der Waals surface area contributed by atoms with Gasteiger partial charge >= 0.3 is 0 Å². The van der Waals surface area contributed by atoms with Crippen LogP contribution in [0, 0.1) is 18.3 Å². The molecule has 0 atom stereocenters. The minimum Gasteiger partial charge on any atom is -0.116 e. The molecule has 0 N–H and O–H groups in total. The van der Waals surface area contributed by atoms with E-state index in [1.807, 2.05) is 13.8 Å². The average Bonchev–Trinajstić information content (AvgIpc) is 1.35. The molecule has 0 fully saturated rings. The molecule has 0 heterocycles. The fourth-order valence-corrected chi connectivity index (χ4v) is 0.204. The Balaban J connectivity index is 2.88. The van der Waals surface area contributed by atoms with Crippen molar-refractivity contribution in [3.63, 3.8) is 0 Å². The predicted molar refractivity (Wildman–Crippen MR) is 28.0 cm³/mol. The molecule has 0 saturated carbocycles. The normalized spacial score (nSPS) is 6.83. The Bertz CT molecular complexity index is 54.9. The molecule has 0 radical (unpaired) electrons. The monoisotopic (exact) mass is 81.1 g/mol. The minimum absolute atomic E-state index is 0.819. The third-order valence-corrected chi connectivity index (χ3v) is 0.456. The van der Waals surface area contributed by atoms with E-state index in [4.69, 9.17) is 6.42 Å². The summed E-state index contributed by atoms with van der Waals surface area (Å²) in [5.74, 6) is 3.83. The standard InChI is InChI=1S/C6H9/c1-4-5-6(2)3/h1H,5H2,2-3H3/q+1. The number of hydrogen-bond donors (Lipinski definition) is 0. The van der Waals surface area contributed by atoms with E-state index in [1.54, 1.807) is 0 Å². The molecule has 0 aliphatic rings. The SMILES string of the molecule is C#CC[C+](C)C. The Labute approximate surface area is 39.6 Å². The van der Waals surface area contributed by atoms with Gasteiger partial charge in [-0.1, -0.05) is 5.92 Å². The summed E-state index contributed by atoms with van der Waals surface area (Å²) in [6.45, 7) is 4.06. The van der Waals surface area contributed by atoms with Crippen LogP contribution in [-0.2, 0) is 0 Å². The zero-order valence-corrected chi connectivity index (χ0v) is 4.28. The first-order valence-corrected chi connectivity index (χ1v) is 2.00. The van der Waals surface area contributed by atoms with Crippen LogP contribution >= 0.6 is 0 Å². The Morgan fingerprint density at radius 2 is 2.17 bits per heavy atom. The zero-order valence-electron chi connectivity index (χ0n) is 4.28. The molecular formula is C6H9+. The number of rotatable bonds is 1. The van der Waals surface area contributed by atoms with Crippen LogP contribution in [-0.4, -0.2) is 0 Å². The predicted octanol–water partition coefficient (Wildman–Crippen LogP) is 1.62. The molecule has 0 heteroatoms. The average molecular weight is 81.1 g/mol. The Hall–Kier alpha value is -0.570.